The number of carbonyl (C=O) groups is 1. The number of phenolic OH excluding ortho intramolecular Hbond substituents is 2. The van der Waals surface area contributed by atoms with Crippen LogP contribution in [0.25, 0.3) is 21.9 Å². The van der Waals surface area contributed by atoms with Gasteiger partial charge >= 0.3 is 5.63 Å². The molecule has 0 saturated carbocycles. The third-order valence-electron chi connectivity index (χ3n) is 5.44. The molecule has 0 radical (unpaired) electrons. The number of phenols is 2. The summed E-state index contributed by atoms with van der Waals surface area (Å²) in [5, 5.41) is 23.8. The van der Waals surface area contributed by atoms with Crippen LogP contribution in [0.15, 0.2) is 45.7 Å². The van der Waals surface area contributed by atoms with E-state index in [-0.39, 0.29) is 29.2 Å². The van der Waals surface area contributed by atoms with Crippen LogP contribution in [0, 0.1) is 6.92 Å². The van der Waals surface area contributed by atoms with Crippen LogP contribution in [0.1, 0.15) is 16.7 Å². The maximum atomic E-state index is 12.5. The van der Waals surface area contributed by atoms with Gasteiger partial charge in [0.1, 0.15) is 5.75 Å². The molecule has 4 N–H and O–H groups in total. The highest BCUT2D eigenvalue weighted by Gasteiger charge is 2.18. The number of fused-ring (bicyclic) bond motifs is 2. The van der Waals surface area contributed by atoms with Gasteiger partial charge in [0.2, 0.25) is 11.7 Å². The van der Waals surface area contributed by atoms with Crippen LogP contribution >= 0.6 is 0 Å². The predicted octanol–water partition coefficient (Wildman–Crippen LogP) is 2.90. The van der Waals surface area contributed by atoms with E-state index in [9.17, 15) is 19.8 Å². The number of aryl methyl sites for hydroxylation is 1. The maximum absolute atomic E-state index is 12.5. The Hall–Kier alpha value is -3.94. The lowest BCUT2D eigenvalue weighted by atomic mass is 10.0. The molecule has 2 heterocycles. The smallest absolute Gasteiger partial charge is 0.340 e. The highest BCUT2D eigenvalue weighted by molar-refractivity contribution is 5.89. The summed E-state index contributed by atoms with van der Waals surface area (Å²) >= 11 is 0. The summed E-state index contributed by atoms with van der Waals surface area (Å²) in [6, 6.07) is 8.61. The maximum Gasteiger partial charge on any atom is 0.340 e. The topological polar surface area (TPSA) is 125 Å². The zero-order chi connectivity index (χ0) is 22.1. The molecule has 0 spiro atoms. The quantitative estimate of drug-likeness (QED) is 0.280. The van der Waals surface area contributed by atoms with Gasteiger partial charge in [0.15, 0.2) is 11.3 Å². The number of amides is 1. The van der Waals surface area contributed by atoms with Gasteiger partial charge in [-0.2, -0.15) is 0 Å². The summed E-state index contributed by atoms with van der Waals surface area (Å²) in [6.45, 7) is 2.08. The molecule has 2 aromatic carbocycles. The van der Waals surface area contributed by atoms with Crippen molar-refractivity contribution >= 4 is 27.8 Å². The van der Waals surface area contributed by atoms with E-state index < -0.39 is 11.4 Å². The van der Waals surface area contributed by atoms with Crippen LogP contribution in [-0.2, 0) is 17.6 Å². The average Bonchev–Trinajstić information content (AvgIpc) is 3.16. The molecule has 0 unspecified atom stereocenters. The second kappa shape index (κ2) is 8.06. The minimum absolute atomic E-state index is 0.0959. The summed E-state index contributed by atoms with van der Waals surface area (Å²) in [5.74, 6) is -0.426. The first-order chi connectivity index (χ1) is 14.9. The number of rotatable bonds is 6. The molecule has 0 atom stereocenters. The minimum atomic E-state index is -0.718. The van der Waals surface area contributed by atoms with Gasteiger partial charge in [0.05, 0.1) is 19.1 Å². The van der Waals surface area contributed by atoms with Crippen molar-refractivity contribution in [1.29, 1.82) is 0 Å². The number of aromatic hydroxyl groups is 2. The molecule has 160 valence electrons. The number of methoxy groups -OCH3 is 1. The SMILES string of the molecule is COc1ccc2[nH]cc(CCNC(=O)Cc3c(C)c4ccc(O)c(O)c4oc3=O)c2c1. The average molecular weight is 422 g/mol. The van der Waals surface area contributed by atoms with E-state index in [2.05, 4.69) is 10.3 Å². The molecular formula is C23H22N2O6. The third-order valence-corrected chi connectivity index (χ3v) is 5.44. The zero-order valence-corrected chi connectivity index (χ0v) is 17.1. The van der Waals surface area contributed by atoms with Gasteiger partial charge in [0.25, 0.3) is 0 Å². The molecule has 0 fully saturated rings. The van der Waals surface area contributed by atoms with E-state index in [0.717, 1.165) is 22.2 Å². The van der Waals surface area contributed by atoms with E-state index in [1.54, 1.807) is 14.0 Å². The number of aromatic amines is 1. The number of aromatic nitrogens is 1. The fourth-order valence-electron chi connectivity index (χ4n) is 3.69. The Bertz CT molecular complexity index is 1350. The summed E-state index contributed by atoms with van der Waals surface area (Å²) in [5.41, 5.74) is 1.96. The minimum Gasteiger partial charge on any atom is -0.504 e. The van der Waals surface area contributed by atoms with Crippen molar-refractivity contribution in [2.75, 3.05) is 13.7 Å². The van der Waals surface area contributed by atoms with Gasteiger partial charge in [-0.1, -0.05) is 0 Å². The Labute approximate surface area is 177 Å². The monoisotopic (exact) mass is 422 g/mol. The molecule has 0 bridgehead atoms. The van der Waals surface area contributed by atoms with Gasteiger partial charge < -0.3 is 29.7 Å². The van der Waals surface area contributed by atoms with Crippen LogP contribution in [0.4, 0.5) is 0 Å². The molecule has 0 aliphatic carbocycles. The normalized spacial score (nSPS) is 11.2. The lowest BCUT2D eigenvalue weighted by molar-refractivity contribution is -0.120. The van der Waals surface area contributed by atoms with E-state index in [1.807, 2.05) is 24.4 Å². The number of H-pyrrole nitrogens is 1. The Morgan fingerprint density at radius 3 is 2.77 bits per heavy atom. The van der Waals surface area contributed by atoms with Crippen molar-refractivity contribution in [3.05, 3.63) is 63.6 Å². The molecule has 4 rings (SSSR count). The largest absolute Gasteiger partial charge is 0.504 e. The molecule has 0 aliphatic heterocycles. The molecule has 2 aromatic heterocycles. The number of hydrogen-bond acceptors (Lipinski definition) is 6. The highest BCUT2D eigenvalue weighted by Crippen LogP contribution is 2.34. The van der Waals surface area contributed by atoms with Gasteiger partial charge in [-0.25, -0.2) is 4.79 Å². The van der Waals surface area contributed by atoms with Crippen LogP contribution in [0.5, 0.6) is 17.2 Å². The summed E-state index contributed by atoms with van der Waals surface area (Å²) in [7, 11) is 1.61. The standard InChI is InChI=1S/C23H22N2O6/c1-12-15-4-6-19(26)21(28)22(15)31-23(29)16(12)10-20(27)24-8-7-13-11-25-18-5-3-14(30-2)9-17(13)18/h3-6,9,11,25-26,28H,7-8,10H2,1-2H3,(H,24,27). The number of benzene rings is 2. The van der Waals surface area contributed by atoms with Gasteiger partial charge in [-0.05, 0) is 54.8 Å². The number of nitrogens with one attached hydrogen (secondary N) is 2. The van der Waals surface area contributed by atoms with Crippen LogP contribution in [0.2, 0.25) is 0 Å². The lowest BCUT2D eigenvalue weighted by Crippen LogP contribution is -2.29. The second-order valence-electron chi connectivity index (χ2n) is 7.31. The number of carbonyl (C=O) groups excluding carboxylic acids is 1. The van der Waals surface area contributed by atoms with Crippen LogP contribution < -0.4 is 15.7 Å². The fraction of sp³-hybridized carbons (Fsp3) is 0.217. The molecular weight excluding hydrogens is 400 g/mol. The van der Waals surface area contributed by atoms with Crippen molar-refractivity contribution in [3.63, 3.8) is 0 Å². The second-order valence-corrected chi connectivity index (χ2v) is 7.31. The zero-order valence-electron chi connectivity index (χ0n) is 17.1. The first-order valence-electron chi connectivity index (χ1n) is 9.77. The van der Waals surface area contributed by atoms with Crippen molar-refractivity contribution in [3.8, 4) is 17.2 Å². The van der Waals surface area contributed by atoms with E-state index in [0.29, 0.717) is 23.9 Å². The van der Waals surface area contributed by atoms with E-state index in [4.69, 9.17) is 9.15 Å². The van der Waals surface area contributed by atoms with Gasteiger partial charge in [-0.3, -0.25) is 4.79 Å². The Morgan fingerprint density at radius 1 is 1.19 bits per heavy atom. The van der Waals surface area contributed by atoms with Crippen molar-refractivity contribution < 1.29 is 24.2 Å². The Balaban J connectivity index is 1.47. The molecule has 31 heavy (non-hydrogen) atoms. The highest BCUT2D eigenvalue weighted by atomic mass is 16.5. The number of ether oxygens (including phenoxy) is 1. The van der Waals surface area contributed by atoms with Crippen LogP contribution in [0.3, 0.4) is 0 Å². The Morgan fingerprint density at radius 2 is 2.00 bits per heavy atom. The third kappa shape index (κ3) is 3.79. The molecule has 0 aliphatic rings. The first kappa shape index (κ1) is 20.3. The Kier molecular flexibility index (Phi) is 5.29. The summed E-state index contributed by atoms with van der Waals surface area (Å²) in [6.07, 6.45) is 2.37. The van der Waals surface area contributed by atoms with Crippen molar-refractivity contribution in [2.24, 2.45) is 0 Å². The fourth-order valence-corrected chi connectivity index (χ4v) is 3.69. The predicted molar refractivity (Wildman–Crippen MR) is 116 cm³/mol. The lowest BCUT2D eigenvalue weighted by Gasteiger charge is -2.10. The molecule has 8 heteroatoms. The first-order valence-corrected chi connectivity index (χ1v) is 9.77. The summed E-state index contributed by atoms with van der Waals surface area (Å²) in [4.78, 5) is 28.0. The van der Waals surface area contributed by atoms with Crippen molar-refractivity contribution in [2.45, 2.75) is 19.8 Å². The van der Waals surface area contributed by atoms with Crippen molar-refractivity contribution in [1.82, 2.24) is 10.3 Å². The van der Waals surface area contributed by atoms with Gasteiger partial charge in [0, 0.05) is 29.0 Å². The molecule has 1 amide bonds. The summed E-state index contributed by atoms with van der Waals surface area (Å²) < 4.78 is 10.4. The van der Waals surface area contributed by atoms with E-state index in [1.165, 1.54) is 12.1 Å². The van der Waals surface area contributed by atoms with E-state index >= 15 is 0 Å². The molecule has 8 nitrogen and oxygen atoms in total. The van der Waals surface area contributed by atoms with Crippen LogP contribution in [-0.4, -0.2) is 34.8 Å². The van der Waals surface area contributed by atoms with Gasteiger partial charge in [-0.15, -0.1) is 0 Å². The molecule has 0 saturated heterocycles. The number of hydrogen-bond donors (Lipinski definition) is 4. The molecule has 4 aromatic rings.